The van der Waals surface area contributed by atoms with Gasteiger partial charge in [-0.1, -0.05) is 17.5 Å². The van der Waals surface area contributed by atoms with Crippen molar-refractivity contribution in [1.82, 2.24) is 24.3 Å². The molecule has 0 radical (unpaired) electrons. The summed E-state index contributed by atoms with van der Waals surface area (Å²) in [6, 6.07) is 10.6. The van der Waals surface area contributed by atoms with Gasteiger partial charge in [-0.2, -0.15) is 0 Å². The summed E-state index contributed by atoms with van der Waals surface area (Å²) in [5.41, 5.74) is 8.66. The lowest BCUT2D eigenvalue weighted by atomic mass is 9.94. The summed E-state index contributed by atoms with van der Waals surface area (Å²) in [5, 5.41) is 0.431. The third-order valence-corrected chi connectivity index (χ3v) is 6.60. The van der Waals surface area contributed by atoms with Crippen LogP contribution in [-0.2, 0) is 4.79 Å². The molecule has 1 atom stereocenters. The van der Waals surface area contributed by atoms with Crippen molar-refractivity contribution in [2.45, 2.75) is 25.7 Å². The zero-order valence-corrected chi connectivity index (χ0v) is 21.2. The first kappa shape index (κ1) is 24.4. The Balaban J connectivity index is 1.51. The number of amides is 1. The summed E-state index contributed by atoms with van der Waals surface area (Å²) in [6.07, 6.45) is 5.02. The van der Waals surface area contributed by atoms with Gasteiger partial charge in [-0.05, 0) is 50.0 Å². The summed E-state index contributed by atoms with van der Waals surface area (Å²) < 4.78 is 12.9. The van der Waals surface area contributed by atoms with Crippen molar-refractivity contribution < 1.29 is 14.3 Å². The van der Waals surface area contributed by atoms with Gasteiger partial charge in [0.05, 0.1) is 23.3 Å². The molecule has 9 nitrogen and oxygen atoms in total. The number of hydrogen-bond acceptors (Lipinski definition) is 7. The third-order valence-electron chi connectivity index (χ3n) is 6.28. The van der Waals surface area contributed by atoms with E-state index in [4.69, 9.17) is 31.8 Å². The number of carbonyl (C=O) groups is 1. The number of nitrogen functional groups attached to an aromatic ring is 1. The second-order valence-electron chi connectivity index (χ2n) is 8.59. The minimum Gasteiger partial charge on any atom is -0.497 e. The zero-order chi connectivity index (χ0) is 25.9. The summed E-state index contributed by atoms with van der Waals surface area (Å²) in [6.45, 7) is 2.88. The van der Waals surface area contributed by atoms with Crippen LogP contribution in [0, 0.1) is 11.8 Å². The van der Waals surface area contributed by atoms with Gasteiger partial charge in [-0.25, -0.2) is 15.0 Å². The SMILES string of the molecule is CC#CC(=O)N1CCCC(c2nc(-c3ccc(Oc4cc(OC)ccn4)cc3Cl)n3c(N)nccc23)C1. The van der Waals surface area contributed by atoms with Crippen LogP contribution in [0.2, 0.25) is 5.02 Å². The molecule has 1 saturated heterocycles. The molecule has 2 N–H and O–H groups in total. The molecule has 37 heavy (non-hydrogen) atoms. The van der Waals surface area contributed by atoms with Crippen LogP contribution < -0.4 is 15.2 Å². The van der Waals surface area contributed by atoms with Crippen molar-refractivity contribution in [2.75, 3.05) is 25.9 Å². The van der Waals surface area contributed by atoms with Crippen LogP contribution in [0.1, 0.15) is 31.4 Å². The van der Waals surface area contributed by atoms with Crippen LogP contribution in [0.25, 0.3) is 16.9 Å². The molecule has 1 fully saturated rings. The van der Waals surface area contributed by atoms with E-state index in [9.17, 15) is 4.79 Å². The number of fused-ring (bicyclic) bond motifs is 1. The third kappa shape index (κ3) is 4.88. The normalized spacial score (nSPS) is 15.2. The molecule has 4 aromatic rings. The molecule has 0 spiro atoms. The summed E-state index contributed by atoms with van der Waals surface area (Å²) in [4.78, 5) is 27.7. The van der Waals surface area contributed by atoms with Gasteiger partial charge in [0.25, 0.3) is 5.91 Å². The number of nitrogens with two attached hydrogens (primary N) is 1. The monoisotopic (exact) mass is 516 g/mol. The highest BCUT2D eigenvalue weighted by molar-refractivity contribution is 6.33. The van der Waals surface area contributed by atoms with Crippen molar-refractivity contribution in [1.29, 1.82) is 0 Å². The van der Waals surface area contributed by atoms with Gasteiger partial charge in [-0.15, -0.1) is 0 Å². The van der Waals surface area contributed by atoms with Crippen LogP contribution in [0.15, 0.2) is 48.8 Å². The molecular weight excluding hydrogens is 492 g/mol. The topological polar surface area (TPSA) is 108 Å². The molecule has 5 rings (SSSR count). The van der Waals surface area contributed by atoms with E-state index in [0.29, 0.717) is 52.8 Å². The van der Waals surface area contributed by atoms with Gasteiger partial charge < -0.3 is 20.1 Å². The predicted molar refractivity (Wildman–Crippen MR) is 141 cm³/mol. The number of hydrogen-bond donors (Lipinski definition) is 1. The minimum atomic E-state index is -0.165. The number of pyridine rings is 1. The molecule has 4 heterocycles. The number of ether oxygens (including phenoxy) is 2. The Morgan fingerprint density at radius 2 is 2.00 bits per heavy atom. The Morgan fingerprint density at radius 1 is 1.16 bits per heavy atom. The number of likely N-dealkylation sites (tertiary alicyclic amines) is 1. The van der Waals surface area contributed by atoms with Crippen molar-refractivity contribution in [2.24, 2.45) is 0 Å². The first-order valence-corrected chi connectivity index (χ1v) is 12.2. The first-order chi connectivity index (χ1) is 18.0. The Morgan fingerprint density at radius 3 is 2.78 bits per heavy atom. The maximum Gasteiger partial charge on any atom is 0.298 e. The summed E-state index contributed by atoms with van der Waals surface area (Å²) >= 11 is 6.73. The number of methoxy groups -OCH3 is 1. The standard InChI is InChI=1S/C27H25ClN6O3/c1-3-5-24(35)33-13-4-6-17(16-33)25-22-10-12-31-27(29)34(22)26(32-25)20-8-7-19(14-21(20)28)37-23-15-18(36-2)9-11-30-23/h7-12,14-15,17H,4,6,13,16H2,1-2H3,(H2,29,31). The van der Waals surface area contributed by atoms with Gasteiger partial charge >= 0.3 is 0 Å². The molecule has 1 aliphatic rings. The Labute approximate surface area is 219 Å². The van der Waals surface area contributed by atoms with E-state index >= 15 is 0 Å². The second kappa shape index (κ2) is 10.4. The molecule has 188 valence electrons. The van der Waals surface area contributed by atoms with Crippen LogP contribution in [0.4, 0.5) is 5.95 Å². The number of benzene rings is 1. The van der Waals surface area contributed by atoms with E-state index in [1.54, 1.807) is 60.0 Å². The van der Waals surface area contributed by atoms with E-state index in [1.165, 1.54) is 0 Å². The molecule has 1 amide bonds. The predicted octanol–water partition coefficient (Wildman–Crippen LogP) is 4.56. The van der Waals surface area contributed by atoms with Crippen LogP contribution in [-0.4, -0.2) is 50.4 Å². The van der Waals surface area contributed by atoms with Crippen molar-refractivity contribution >= 4 is 29.0 Å². The lowest BCUT2D eigenvalue weighted by molar-refractivity contribution is -0.126. The average Bonchev–Trinajstić information content (AvgIpc) is 3.30. The van der Waals surface area contributed by atoms with Crippen molar-refractivity contribution in [3.8, 4) is 40.6 Å². The van der Waals surface area contributed by atoms with Crippen LogP contribution in [0.3, 0.4) is 0 Å². The van der Waals surface area contributed by atoms with Gasteiger partial charge in [0, 0.05) is 49.1 Å². The molecule has 0 saturated carbocycles. The average molecular weight is 517 g/mol. The Bertz CT molecular complexity index is 1540. The highest BCUT2D eigenvalue weighted by Crippen LogP contribution is 2.37. The number of anilines is 1. The van der Waals surface area contributed by atoms with Crippen LogP contribution in [0.5, 0.6) is 17.4 Å². The maximum absolute atomic E-state index is 12.4. The number of imidazole rings is 1. The fraction of sp³-hybridized carbons (Fsp3) is 0.259. The Kier molecular flexibility index (Phi) is 6.84. The van der Waals surface area contributed by atoms with Crippen molar-refractivity contribution in [3.63, 3.8) is 0 Å². The smallest absolute Gasteiger partial charge is 0.298 e. The van der Waals surface area contributed by atoms with Crippen LogP contribution >= 0.6 is 11.6 Å². The molecule has 0 aliphatic carbocycles. The maximum atomic E-state index is 12.4. The second-order valence-corrected chi connectivity index (χ2v) is 8.99. The van der Waals surface area contributed by atoms with Gasteiger partial charge in [0.2, 0.25) is 11.8 Å². The van der Waals surface area contributed by atoms with Crippen molar-refractivity contribution in [3.05, 3.63) is 59.5 Å². The molecule has 1 unspecified atom stereocenters. The quantitative estimate of drug-likeness (QED) is 0.387. The van der Waals surface area contributed by atoms with Gasteiger partial charge in [0.1, 0.15) is 17.3 Å². The van der Waals surface area contributed by atoms with Gasteiger partial charge in [-0.3, -0.25) is 9.20 Å². The van der Waals surface area contributed by atoms with E-state index in [1.807, 2.05) is 12.1 Å². The number of aromatic nitrogens is 4. The minimum absolute atomic E-state index is 0.0300. The number of piperidine rings is 1. The number of carbonyl (C=O) groups excluding carboxylic acids is 1. The molecular formula is C27H25ClN6O3. The fourth-order valence-electron chi connectivity index (χ4n) is 4.57. The number of halogens is 1. The summed E-state index contributed by atoms with van der Waals surface area (Å²) in [5.74, 6) is 7.60. The van der Waals surface area contributed by atoms with E-state index < -0.39 is 0 Å². The zero-order valence-electron chi connectivity index (χ0n) is 20.4. The lowest BCUT2D eigenvalue weighted by Crippen LogP contribution is -2.38. The number of nitrogens with zero attached hydrogens (tertiary/aromatic N) is 5. The van der Waals surface area contributed by atoms with E-state index in [-0.39, 0.29) is 11.8 Å². The molecule has 1 aromatic carbocycles. The molecule has 1 aliphatic heterocycles. The largest absolute Gasteiger partial charge is 0.497 e. The highest BCUT2D eigenvalue weighted by Gasteiger charge is 2.29. The van der Waals surface area contributed by atoms with E-state index in [0.717, 1.165) is 24.1 Å². The molecule has 0 bridgehead atoms. The molecule has 10 heteroatoms. The fourth-order valence-corrected chi connectivity index (χ4v) is 4.83. The molecule has 3 aromatic heterocycles. The first-order valence-electron chi connectivity index (χ1n) is 11.8. The Hall–Kier alpha value is -4.29. The highest BCUT2D eigenvalue weighted by atomic mass is 35.5. The number of rotatable bonds is 5. The van der Waals surface area contributed by atoms with E-state index in [2.05, 4.69) is 21.8 Å². The summed E-state index contributed by atoms with van der Waals surface area (Å²) in [7, 11) is 1.58. The lowest BCUT2D eigenvalue weighted by Gasteiger charge is -2.30. The van der Waals surface area contributed by atoms with Gasteiger partial charge in [0.15, 0.2) is 0 Å².